The SMILES string of the molecule is COC(=O)Nc1nccc(-c2cnc(OCC(C)(N)CC(C)C)c(F)c2)n1. The second kappa shape index (κ2) is 8.72. The first kappa shape index (κ1) is 20.5. The molecule has 0 aromatic carbocycles. The number of nitrogens with one attached hydrogen (secondary N) is 1. The van der Waals surface area contributed by atoms with Crippen LogP contribution in [0.4, 0.5) is 15.1 Å². The number of anilines is 1. The lowest BCUT2D eigenvalue weighted by molar-refractivity contribution is 0.186. The molecule has 146 valence electrons. The molecule has 1 amide bonds. The van der Waals surface area contributed by atoms with E-state index in [0.717, 1.165) is 6.42 Å². The topological polar surface area (TPSA) is 112 Å². The standard InChI is InChI=1S/C18H24FN5O3/c1-11(2)8-18(3,20)10-27-15-13(19)7-12(9-22-15)14-5-6-21-16(23-14)24-17(25)26-4/h5-7,9,11H,8,10,20H2,1-4H3,(H,21,23,24,25). The zero-order valence-electron chi connectivity index (χ0n) is 15.8. The molecule has 0 saturated carbocycles. The molecule has 0 saturated heterocycles. The summed E-state index contributed by atoms with van der Waals surface area (Å²) in [7, 11) is 1.23. The van der Waals surface area contributed by atoms with Crippen LogP contribution in [0.15, 0.2) is 24.5 Å². The summed E-state index contributed by atoms with van der Waals surface area (Å²) >= 11 is 0. The quantitative estimate of drug-likeness (QED) is 0.763. The number of nitrogens with two attached hydrogens (primary N) is 1. The Morgan fingerprint density at radius 3 is 2.78 bits per heavy atom. The van der Waals surface area contributed by atoms with Crippen molar-refractivity contribution in [2.24, 2.45) is 11.7 Å². The van der Waals surface area contributed by atoms with Gasteiger partial charge in [-0.25, -0.2) is 24.1 Å². The number of aromatic nitrogens is 3. The summed E-state index contributed by atoms with van der Waals surface area (Å²) in [6.45, 7) is 6.12. The molecule has 0 spiro atoms. The van der Waals surface area contributed by atoms with Gasteiger partial charge in [-0.15, -0.1) is 0 Å². The number of halogens is 1. The number of amides is 1. The minimum atomic E-state index is -0.702. The average Bonchev–Trinajstić information content (AvgIpc) is 2.59. The third-order valence-electron chi connectivity index (χ3n) is 3.57. The molecule has 1 unspecified atom stereocenters. The van der Waals surface area contributed by atoms with E-state index < -0.39 is 17.4 Å². The number of hydrogen-bond donors (Lipinski definition) is 2. The third kappa shape index (κ3) is 6.14. The van der Waals surface area contributed by atoms with Crippen molar-refractivity contribution in [1.82, 2.24) is 15.0 Å². The van der Waals surface area contributed by atoms with E-state index in [1.165, 1.54) is 25.6 Å². The summed E-state index contributed by atoms with van der Waals surface area (Å²) in [6.07, 6.45) is 2.90. The van der Waals surface area contributed by atoms with Crippen LogP contribution in [0.5, 0.6) is 5.88 Å². The summed E-state index contributed by atoms with van der Waals surface area (Å²) in [6, 6.07) is 2.82. The Morgan fingerprint density at radius 2 is 2.15 bits per heavy atom. The maximum absolute atomic E-state index is 14.4. The maximum Gasteiger partial charge on any atom is 0.413 e. The molecule has 3 N–H and O–H groups in total. The van der Waals surface area contributed by atoms with Crippen LogP contribution < -0.4 is 15.8 Å². The zero-order valence-corrected chi connectivity index (χ0v) is 15.8. The first-order chi connectivity index (χ1) is 12.7. The second-order valence-corrected chi connectivity index (χ2v) is 6.93. The van der Waals surface area contributed by atoms with Gasteiger partial charge in [-0.05, 0) is 31.4 Å². The van der Waals surface area contributed by atoms with Crippen LogP contribution in [0, 0.1) is 11.7 Å². The van der Waals surface area contributed by atoms with Crippen molar-refractivity contribution in [1.29, 1.82) is 0 Å². The summed E-state index contributed by atoms with van der Waals surface area (Å²) in [5.41, 5.74) is 6.38. The number of pyridine rings is 1. The highest BCUT2D eigenvalue weighted by Gasteiger charge is 2.22. The fraction of sp³-hybridized carbons (Fsp3) is 0.444. The minimum Gasteiger partial charge on any atom is -0.474 e. The van der Waals surface area contributed by atoms with Gasteiger partial charge >= 0.3 is 6.09 Å². The number of methoxy groups -OCH3 is 1. The molecule has 2 aromatic rings. The van der Waals surface area contributed by atoms with Crippen molar-refractivity contribution in [3.8, 4) is 17.1 Å². The van der Waals surface area contributed by atoms with E-state index in [2.05, 4.69) is 38.9 Å². The Morgan fingerprint density at radius 1 is 1.41 bits per heavy atom. The van der Waals surface area contributed by atoms with Gasteiger partial charge in [0.15, 0.2) is 5.82 Å². The highest BCUT2D eigenvalue weighted by Crippen LogP contribution is 2.23. The van der Waals surface area contributed by atoms with Crippen LogP contribution in [-0.2, 0) is 4.74 Å². The summed E-state index contributed by atoms with van der Waals surface area (Å²) in [5, 5.41) is 2.34. The summed E-state index contributed by atoms with van der Waals surface area (Å²) in [4.78, 5) is 23.3. The molecule has 9 heteroatoms. The van der Waals surface area contributed by atoms with Gasteiger partial charge in [0, 0.05) is 23.5 Å². The number of carbonyl (C=O) groups is 1. The number of rotatable bonds is 7. The molecule has 0 bridgehead atoms. The van der Waals surface area contributed by atoms with Crippen molar-refractivity contribution < 1.29 is 18.7 Å². The van der Waals surface area contributed by atoms with Crippen molar-refractivity contribution >= 4 is 12.0 Å². The molecule has 0 radical (unpaired) electrons. The van der Waals surface area contributed by atoms with Crippen molar-refractivity contribution in [2.45, 2.75) is 32.7 Å². The van der Waals surface area contributed by atoms with Gasteiger partial charge in [0.2, 0.25) is 11.8 Å². The molecule has 27 heavy (non-hydrogen) atoms. The van der Waals surface area contributed by atoms with Crippen LogP contribution in [0.3, 0.4) is 0 Å². The second-order valence-electron chi connectivity index (χ2n) is 6.93. The number of ether oxygens (including phenoxy) is 2. The summed E-state index contributed by atoms with van der Waals surface area (Å²) < 4.78 is 24.3. The van der Waals surface area contributed by atoms with E-state index in [4.69, 9.17) is 10.5 Å². The lowest BCUT2D eigenvalue weighted by atomic mass is 9.93. The van der Waals surface area contributed by atoms with Gasteiger partial charge in [0.05, 0.1) is 12.8 Å². The first-order valence-electron chi connectivity index (χ1n) is 8.46. The van der Waals surface area contributed by atoms with E-state index >= 15 is 0 Å². The van der Waals surface area contributed by atoms with E-state index in [0.29, 0.717) is 17.2 Å². The maximum atomic E-state index is 14.4. The van der Waals surface area contributed by atoms with E-state index in [1.54, 1.807) is 6.07 Å². The molecule has 2 aromatic heterocycles. The Kier molecular flexibility index (Phi) is 6.62. The smallest absolute Gasteiger partial charge is 0.413 e. The van der Waals surface area contributed by atoms with Crippen LogP contribution in [0.25, 0.3) is 11.3 Å². The monoisotopic (exact) mass is 377 g/mol. The van der Waals surface area contributed by atoms with E-state index in [1.807, 2.05) is 6.92 Å². The molecule has 1 atom stereocenters. The molecular formula is C18H24FN5O3. The van der Waals surface area contributed by atoms with Crippen molar-refractivity contribution in [3.05, 3.63) is 30.3 Å². The van der Waals surface area contributed by atoms with Crippen LogP contribution in [0.1, 0.15) is 27.2 Å². The lowest BCUT2D eigenvalue weighted by Crippen LogP contribution is -2.43. The van der Waals surface area contributed by atoms with Crippen LogP contribution >= 0.6 is 0 Å². The molecule has 0 aliphatic rings. The molecule has 2 heterocycles. The fourth-order valence-corrected chi connectivity index (χ4v) is 2.62. The molecule has 0 aliphatic heterocycles. The minimum absolute atomic E-state index is 0.0349. The largest absolute Gasteiger partial charge is 0.474 e. The Bertz CT molecular complexity index is 798. The normalized spacial score (nSPS) is 13.1. The van der Waals surface area contributed by atoms with Gasteiger partial charge in [-0.1, -0.05) is 13.8 Å². The predicted octanol–water partition coefficient (Wildman–Crippen LogP) is 3.00. The van der Waals surface area contributed by atoms with Crippen LogP contribution in [0.2, 0.25) is 0 Å². The van der Waals surface area contributed by atoms with Gasteiger partial charge in [-0.3, -0.25) is 5.32 Å². The lowest BCUT2D eigenvalue weighted by Gasteiger charge is -2.26. The fourth-order valence-electron chi connectivity index (χ4n) is 2.62. The summed E-state index contributed by atoms with van der Waals surface area (Å²) in [5.74, 6) is -0.322. The first-order valence-corrected chi connectivity index (χ1v) is 8.46. The van der Waals surface area contributed by atoms with E-state index in [-0.39, 0.29) is 18.4 Å². The average molecular weight is 377 g/mol. The highest BCUT2D eigenvalue weighted by molar-refractivity contribution is 5.82. The predicted molar refractivity (Wildman–Crippen MR) is 98.8 cm³/mol. The van der Waals surface area contributed by atoms with E-state index in [9.17, 15) is 9.18 Å². The highest BCUT2D eigenvalue weighted by atomic mass is 19.1. The molecule has 0 fully saturated rings. The van der Waals surface area contributed by atoms with Crippen molar-refractivity contribution in [3.63, 3.8) is 0 Å². The van der Waals surface area contributed by atoms with Gasteiger partial charge < -0.3 is 15.2 Å². The molecule has 8 nitrogen and oxygen atoms in total. The number of hydrogen-bond acceptors (Lipinski definition) is 7. The van der Waals surface area contributed by atoms with Crippen LogP contribution in [-0.4, -0.2) is 40.3 Å². The molecule has 2 rings (SSSR count). The Balaban J connectivity index is 2.12. The third-order valence-corrected chi connectivity index (χ3v) is 3.57. The molecule has 0 aliphatic carbocycles. The van der Waals surface area contributed by atoms with Crippen molar-refractivity contribution in [2.75, 3.05) is 19.0 Å². The van der Waals surface area contributed by atoms with Gasteiger partial charge in [0.25, 0.3) is 0 Å². The number of carbonyl (C=O) groups excluding carboxylic acids is 1. The Hall–Kier alpha value is -2.81. The van der Waals surface area contributed by atoms with Gasteiger partial charge in [0.1, 0.15) is 6.61 Å². The zero-order chi connectivity index (χ0) is 20.0. The number of nitrogens with zero attached hydrogens (tertiary/aromatic N) is 3. The molecular weight excluding hydrogens is 353 g/mol. The van der Waals surface area contributed by atoms with Gasteiger partial charge in [-0.2, -0.15) is 0 Å². The Labute approximate surface area is 157 Å².